The minimum atomic E-state index is -0.419. The second-order valence-corrected chi connectivity index (χ2v) is 4.63. The van der Waals surface area contributed by atoms with E-state index in [1.807, 2.05) is 0 Å². The normalized spacial score (nSPS) is 17.3. The smallest absolute Gasteiger partial charge is 0.269 e. The molecule has 6 heteroatoms. The molecule has 1 fully saturated rings. The monoisotopic (exact) mass is 266 g/mol. The van der Waals surface area contributed by atoms with Crippen molar-refractivity contribution in [3.05, 3.63) is 34.4 Å². The molecule has 0 amide bonds. The third kappa shape index (κ3) is 3.90. The van der Waals surface area contributed by atoms with Gasteiger partial charge in [0, 0.05) is 31.8 Å². The van der Waals surface area contributed by atoms with Gasteiger partial charge in [-0.2, -0.15) is 0 Å². The van der Waals surface area contributed by atoms with E-state index in [9.17, 15) is 10.1 Å². The number of piperidine rings is 1. The number of hydrogen-bond acceptors (Lipinski definition) is 5. The molecule has 1 saturated heterocycles. The fourth-order valence-electron chi connectivity index (χ4n) is 2.23. The highest BCUT2D eigenvalue weighted by Crippen LogP contribution is 2.21. The second-order valence-electron chi connectivity index (χ2n) is 4.63. The maximum atomic E-state index is 10.5. The fourth-order valence-corrected chi connectivity index (χ4v) is 2.23. The molecular formula is C13H18N2O4. The molecule has 2 rings (SSSR count). The van der Waals surface area contributed by atoms with E-state index in [1.165, 1.54) is 12.1 Å². The molecule has 104 valence electrons. The van der Waals surface area contributed by atoms with Crippen molar-refractivity contribution in [3.63, 3.8) is 0 Å². The Kier molecular flexibility index (Phi) is 4.70. The average molecular weight is 266 g/mol. The summed E-state index contributed by atoms with van der Waals surface area (Å²) in [6.07, 6.45) is 1.98. The molecule has 0 bridgehead atoms. The van der Waals surface area contributed by atoms with Gasteiger partial charge in [0.1, 0.15) is 11.9 Å². The van der Waals surface area contributed by atoms with Crippen LogP contribution in [0, 0.1) is 10.1 Å². The molecule has 0 radical (unpaired) electrons. The van der Waals surface area contributed by atoms with E-state index in [-0.39, 0.29) is 18.4 Å². The number of non-ortho nitro benzene ring substituents is 1. The first-order valence-electron chi connectivity index (χ1n) is 6.43. The van der Waals surface area contributed by atoms with Gasteiger partial charge in [-0.1, -0.05) is 0 Å². The first kappa shape index (κ1) is 13.8. The van der Waals surface area contributed by atoms with Gasteiger partial charge < -0.3 is 14.7 Å². The number of aliphatic hydroxyl groups excluding tert-OH is 1. The lowest BCUT2D eigenvalue weighted by Gasteiger charge is -2.31. The van der Waals surface area contributed by atoms with Crippen LogP contribution in [0.2, 0.25) is 0 Å². The lowest BCUT2D eigenvalue weighted by Crippen LogP contribution is -2.39. The van der Waals surface area contributed by atoms with E-state index in [2.05, 4.69) is 4.90 Å². The molecule has 0 spiro atoms. The summed E-state index contributed by atoms with van der Waals surface area (Å²) in [4.78, 5) is 12.3. The number of aliphatic hydroxyl groups is 1. The molecule has 0 aliphatic carbocycles. The van der Waals surface area contributed by atoms with Crippen molar-refractivity contribution in [1.82, 2.24) is 4.90 Å². The van der Waals surface area contributed by atoms with E-state index in [4.69, 9.17) is 9.84 Å². The number of rotatable bonds is 5. The summed E-state index contributed by atoms with van der Waals surface area (Å²) < 4.78 is 5.80. The predicted octanol–water partition coefficient (Wildman–Crippen LogP) is 1.43. The van der Waals surface area contributed by atoms with E-state index in [0.717, 1.165) is 25.9 Å². The molecule has 1 aliphatic heterocycles. The third-order valence-electron chi connectivity index (χ3n) is 3.30. The minimum absolute atomic E-state index is 0.0742. The summed E-state index contributed by atoms with van der Waals surface area (Å²) >= 11 is 0. The molecule has 19 heavy (non-hydrogen) atoms. The Morgan fingerprint density at radius 1 is 1.32 bits per heavy atom. The molecule has 1 N–H and O–H groups in total. The Balaban J connectivity index is 1.83. The van der Waals surface area contributed by atoms with Crippen molar-refractivity contribution in [3.8, 4) is 5.75 Å². The maximum Gasteiger partial charge on any atom is 0.269 e. The molecule has 6 nitrogen and oxygen atoms in total. The van der Waals surface area contributed by atoms with Crippen molar-refractivity contribution in [2.75, 3.05) is 26.2 Å². The molecular weight excluding hydrogens is 248 g/mol. The summed E-state index contributed by atoms with van der Waals surface area (Å²) in [6, 6.07) is 6.18. The third-order valence-corrected chi connectivity index (χ3v) is 3.30. The SMILES string of the molecule is O=[N+]([O-])c1ccc(OC2CCN(CCO)CC2)cc1. The standard InChI is InChI=1S/C13H18N2O4/c16-10-9-14-7-5-13(6-8-14)19-12-3-1-11(2-4-12)15(17)18/h1-4,13,16H,5-10H2. The first-order chi connectivity index (χ1) is 9.19. The van der Waals surface area contributed by atoms with Crippen molar-refractivity contribution >= 4 is 5.69 Å². The number of β-amino-alcohol motifs (C(OH)–C–C–N with tert-alkyl or cyclic N) is 1. The highest BCUT2D eigenvalue weighted by Gasteiger charge is 2.20. The van der Waals surface area contributed by atoms with Gasteiger partial charge in [-0.15, -0.1) is 0 Å². The first-order valence-corrected chi connectivity index (χ1v) is 6.43. The van der Waals surface area contributed by atoms with Crippen LogP contribution in [0.3, 0.4) is 0 Å². The number of nitro benzene ring substituents is 1. The average Bonchev–Trinajstić information content (AvgIpc) is 2.42. The topological polar surface area (TPSA) is 75.8 Å². The van der Waals surface area contributed by atoms with Gasteiger partial charge in [0.25, 0.3) is 5.69 Å². The number of ether oxygens (including phenoxy) is 1. The summed E-state index contributed by atoms with van der Waals surface area (Å²) in [7, 11) is 0. The van der Waals surface area contributed by atoms with Crippen LogP contribution in [0.5, 0.6) is 5.75 Å². The molecule has 1 aromatic rings. The molecule has 0 unspecified atom stereocenters. The number of nitro groups is 1. The summed E-state index contributed by atoms with van der Waals surface area (Å²) in [6.45, 7) is 2.73. The number of benzene rings is 1. The van der Waals surface area contributed by atoms with E-state index in [0.29, 0.717) is 12.3 Å². The lowest BCUT2D eigenvalue weighted by atomic mass is 10.1. The van der Waals surface area contributed by atoms with Gasteiger partial charge in [-0.3, -0.25) is 10.1 Å². The summed E-state index contributed by atoms with van der Waals surface area (Å²) in [5.41, 5.74) is 0.0742. The molecule has 0 saturated carbocycles. The molecule has 0 atom stereocenters. The number of nitrogens with zero attached hydrogens (tertiary/aromatic N) is 2. The fraction of sp³-hybridized carbons (Fsp3) is 0.538. The van der Waals surface area contributed by atoms with Crippen LogP contribution in [-0.4, -0.2) is 47.3 Å². The Morgan fingerprint density at radius 2 is 1.95 bits per heavy atom. The van der Waals surface area contributed by atoms with Gasteiger partial charge in [-0.05, 0) is 25.0 Å². The zero-order valence-electron chi connectivity index (χ0n) is 10.7. The van der Waals surface area contributed by atoms with Crippen molar-refractivity contribution < 1.29 is 14.8 Å². The van der Waals surface area contributed by atoms with Crippen LogP contribution in [0.25, 0.3) is 0 Å². The quantitative estimate of drug-likeness (QED) is 0.644. The van der Waals surface area contributed by atoms with Crippen molar-refractivity contribution in [2.24, 2.45) is 0 Å². The Hall–Kier alpha value is -1.66. The van der Waals surface area contributed by atoms with Crippen LogP contribution in [0.15, 0.2) is 24.3 Å². The van der Waals surface area contributed by atoms with Gasteiger partial charge in [0.05, 0.1) is 11.5 Å². The van der Waals surface area contributed by atoms with Gasteiger partial charge in [-0.25, -0.2) is 0 Å². The summed E-state index contributed by atoms with van der Waals surface area (Å²) in [5.74, 6) is 0.672. The van der Waals surface area contributed by atoms with Crippen LogP contribution in [-0.2, 0) is 0 Å². The maximum absolute atomic E-state index is 10.5. The van der Waals surface area contributed by atoms with Crippen LogP contribution in [0.4, 0.5) is 5.69 Å². The molecule has 1 aromatic carbocycles. The van der Waals surface area contributed by atoms with Crippen LogP contribution in [0.1, 0.15) is 12.8 Å². The summed E-state index contributed by atoms with van der Waals surface area (Å²) in [5, 5.41) is 19.4. The minimum Gasteiger partial charge on any atom is -0.490 e. The van der Waals surface area contributed by atoms with E-state index in [1.54, 1.807) is 12.1 Å². The molecule has 0 aromatic heterocycles. The highest BCUT2D eigenvalue weighted by atomic mass is 16.6. The zero-order chi connectivity index (χ0) is 13.7. The number of hydrogen-bond donors (Lipinski definition) is 1. The van der Waals surface area contributed by atoms with Crippen LogP contribution >= 0.6 is 0 Å². The van der Waals surface area contributed by atoms with E-state index < -0.39 is 4.92 Å². The molecule has 1 heterocycles. The Morgan fingerprint density at radius 3 is 2.47 bits per heavy atom. The second kappa shape index (κ2) is 6.49. The number of likely N-dealkylation sites (tertiary alicyclic amines) is 1. The van der Waals surface area contributed by atoms with Gasteiger partial charge in [0.2, 0.25) is 0 Å². The molecule has 1 aliphatic rings. The highest BCUT2D eigenvalue weighted by molar-refractivity contribution is 5.36. The zero-order valence-corrected chi connectivity index (χ0v) is 10.7. The predicted molar refractivity (Wildman–Crippen MR) is 70.3 cm³/mol. The largest absolute Gasteiger partial charge is 0.490 e. The van der Waals surface area contributed by atoms with Gasteiger partial charge in [0.15, 0.2) is 0 Å². The van der Waals surface area contributed by atoms with Gasteiger partial charge >= 0.3 is 0 Å². The van der Waals surface area contributed by atoms with Crippen LogP contribution < -0.4 is 4.74 Å². The lowest BCUT2D eigenvalue weighted by molar-refractivity contribution is -0.384. The van der Waals surface area contributed by atoms with Crippen molar-refractivity contribution in [2.45, 2.75) is 18.9 Å². The van der Waals surface area contributed by atoms with Crippen molar-refractivity contribution in [1.29, 1.82) is 0 Å². The Labute approximate surface area is 111 Å². The van der Waals surface area contributed by atoms with E-state index >= 15 is 0 Å². The Bertz CT molecular complexity index is 413.